The number of ether oxygens (including phenoxy) is 13. The number of carbonyl (C=O) groups excluding carboxylic acids is 9. The number of alkyl halides is 6. The summed E-state index contributed by atoms with van der Waals surface area (Å²) in [5.74, 6) is -14.8. The van der Waals surface area contributed by atoms with Crippen LogP contribution >= 0.6 is 34.8 Å². The van der Waals surface area contributed by atoms with E-state index in [0.717, 1.165) is 41.7 Å². The van der Waals surface area contributed by atoms with Gasteiger partial charge in [0, 0.05) is 34.6 Å². The largest absolute Gasteiger partial charge is 0.468 e. The average Bonchev–Trinajstić information content (AvgIpc) is 3.60. The lowest BCUT2D eigenvalue weighted by molar-refractivity contribution is -0.335. The van der Waals surface area contributed by atoms with Gasteiger partial charge in [-0.1, -0.05) is 89.4 Å². The summed E-state index contributed by atoms with van der Waals surface area (Å²) in [7, 11) is 0.801. The first-order valence-electron chi connectivity index (χ1n) is 23.9. The third kappa shape index (κ3) is 19.2. The van der Waals surface area contributed by atoms with Crippen molar-refractivity contribution >= 4 is 100 Å². The molecule has 2 aliphatic rings. The molecule has 81 heavy (non-hydrogen) atoms. The second-order valence-corrected chi connectivity index (χ2v) is 19.8. The summed E-state index contributed by atoms with van der Waals surface area (Å²) in [4.78, 5) is 123. The molecule has 2 saturated heterocycles. The first-order chi connectivity index (χ1) is 38.1. The summed E-state index contributed by atoms with van der Waals surface area (Å²) in [5.41, 5.74) is -0.686. The van der Waals surface area contributed by atoms with Crippen LogP contribution in [0.3, 0.4) is 0 Å². The van der Waals surface area contributed by atoms with Crippen LogP contribution in [0, 0.1) is 0 Å². The van der Waals surface area contributed by atoms with Crippen molar-refractivity contribution in [2.75, 3.05) is 26.9 Å². The maximum atomic E-state index is 15.2. The number of carbonyl (C=O) groups is 9. The van der Waals surface area contributed by atoms with Crippen LogP contribution in [-0.4, -0.2) is 164 Å². The standard InChI is InChI=1S/C51H52Cl3F3N2O22/c1-26(60)70-23-35(74-28(3)62)38(75-29(4)63)40-37(59-48(68)71-25-50(52,53)54)34(73-27(2)61)22-49(81-40,47(67)69-6)72-24-36-39(76-30(5)64)41(78-43(65)31-16-10-7-11-17-31)42(79-44(66)32-18-12-8-13-19-32)45(77-36)80-46(51(55,56)57)58-33-20-14-9-15-21-33/h7-21,34-42,45H,22-25H2,1-6H3,(H,59,68)/t34-,35+,36+,37+,38+,39-,40+,41-,42+,45?,49+/m0/s1. The molecule has 0 aliphatic carbocycles. The van der Waals surface area contributed by atoms with Gasteiger partial charge in [-0.05, 0) is 36.4 Å². The number of amides is 1. The quantitative estimate of drug-likeness (QED) is 0.0452. The molecule has 1 unspecified atom stereocenters. The molecule has 11 atom stereocenters. The number of esters is 8. The molecule has 24 nitrogen and oxygen atoms in total. The van der Waals surface area contributed by atoms with E-state index in [4.69, 9.17) is 96.4 Å². The highest BCUT2D eigenvalue weighted by Gasteiger charge is 2.62. The number of nitrogens with zero attached hydrogens (tertiary/aromatic N) is 1. The highest BCUT2D eigenvalue weighted by atomic mass is 35.6. The Bertz CT molecular complexity index is 2740. The lowest BCUT2D eigenvalue weighted by Crippen LogP contribution is -2.70. The van der Waals surface area contributed by atoms with E-state index in [1.165, 1.54) is 91.0 Å². The second-order valence-electron chi connectivity index (χ2n) is 17.3. The Morgan fingerprint density at radius 3 is 1.72 bits per heavy atom. The van der Waals surface area contributed by atoms with Gasteiger partial charge in [0.25, 0.3) is 11.7 Å². The number of rotatable bonds is 20. The van der Waals surface area contributed by atoms with Crippen LogP contribution in [0.4, 0.5) is 23.7 Å². The molecule has 2 aliphatic heterocycles. The fourth-order valence-electron chi connectivity index (χ4n) is 7.97. The fourth-order valence-corrected chi connectivity index (χ4v) is 8.14. The van der Waals surface area contributed by atoms with Gasteiger partial charge in [0.1, 0.15) is 31.5 Å². The number of nitrogens with one attached hydrogen (secondary N) is 1. The number of para-hydroxylation sites is 1. The minimum Gasteiger partial charge on any atom is -0.465 e. The van der Waals surface area contributed by atoms with Crippen molar-refractivity contribution in [1.82, 2.24) is 5.32 Å². The summed E-state index contributed by atoms with van der Waals surface area (Å²) in [6.07, 6.45) is -27.8. The molecule has 30 heteroatoms. The Labute approximate surface area is 473 Å². The van der Waals surface area contributed by atoms with E-state index in [-0.39, 0.29) is 16.8 Å². The molecular formula is C51H52Cl3F3N2O22. The van der Waals surface area contributed by atoms with Gasteiger partial charge in [-0.15, -0.1) is 0 Å². The van der Waals surface area contributed by atoms with Crippen LogP contribution in [-0.2, 0) is 90.3 Å². The van der Waals surface area contributed by atoms with Crippen molar-refractivity contribution < 1.29 is 118 Å². The Morgan fingerprint density at radius 2 is 1.22 bits per heavy atom. The van der Waals surface area contributed by atoms with E-state index in [1.54, 1.807) is 0 Å². The molecule has 0 aromatic heterocycles. The van der Waals surface area contributed by atoms with Crippen molar-refractivity contribution in [1.29, 1.82) is 0 Å². The van der Waals surface area contributed by atoms with Gasteiger partial charge < -0.3 is 66.9 Å². The molecule has 1 N–H and O–H groups in total. The monoisotopic (exact) mass is 1210 g/mol. The zero-order valence-electron chi connectivity index (χ0n) is 43.5. The van der Waals surface area contributed by atoms with Gasteiger partial charge in [0.05, 0.1) is 43.0 Å². The third-order valence-electron chi connectivity index (χ3n) is 11.1. The minimum absolute atomic E-state index is 0.184. The van der Waals surface area contributed by atoms with Crippen molar-refractivity contribution in [3.63, 3.8) is 0 Å². The highest BCUT2D eigenvalue weighted by Crippen LogP contribution is 2.40. The number of hydrogen-bond donors (Lipinski definition) is 1. The average molecular weight is 1210 g/mol. The lowest BCUT2D eigenvalue weighted by atomic mass is 9.88. The van der Waals surface area contributed by atoms with E-state index in [9.17, 15) is 43.2 Å². The fraction of sp³-hybridized carbons (Fsp3) is 0.451. The summed E-state index contributed by atoms with van der Waals surface area (Å²) in [5, 5.41) is 2.30. The molecular weight excluding hydrogens is 1160 g/mol. The molecule has 2 fully saturated rings. The predicted molar refractivity (Wildman–Crippen MR) is 268 cm³/mol. The van der Waals surface area contributed by atoms with E-state index in [0.29, 0.717) is 0 Å². The molecule has 5 rings (SSSR count). The number of hydrogen-bond acceptors (Lipinski definition) is 23. The smallest absolute Gasteiger partial charge is 0.465 e. The maximum absolute atomic E-state index is 15.2. The van der Waals surface area contributed by atoms with E-state index in [2.05, 4.69) is 10.3 Å². The SMILES string of the molecule is COC(=O)[C@@]1(OC[C@H]2OC(OC(=Nc3ccccc3)C(F)(F)F)[C@H](OC(=O)c3ccccc3)[C@@H](OC(=O)c3ccccc3)[C@H]2OC(C)=O)C[C@H](OC(C)=O)[C@@H](NC(=O)OCC(Cl)(Cl)Cl)[C@H]([C@H](OC(C)=O)[C@@H](COC(C)=O)OC(C)=O)O1. The van der Waals surface area contributed by atoms with Crippen molar-refractivity contribution in [3.05, 3.63) is 102 Å². The van der Waals surface area contributed by atoms with Gasteiger partial charge in [-0.25, -0.2) is 24.2 Å². The van der Waals surface area contributed by atoms with Crippen LogP contribution in [0.2, 0.25) is 0 Å². The lowest BCUT2D eigenvalue weighted by Gasteiger charge is -2.49. The zero-order valence-corrected chi connectivity index (χ0v) is 45.7. The summed E-state index contributed by atoms with van der Waals surface area (Å²) in [6.45, 7) is 1.30. The van der Waals surface area contributed by atoms with E-state index in [1.807, 2.05) is 0 Å². The minimum atomic E-state index is -5.47. The number of aliphatic imine (C=N–C) groups is 1. The second kappa shape index (κ2) is 28.9. The van der Waals surface area contributed by atoms with E-state index < -0.39 is 163 Å². The third-order valence-corrected chi connectivity index (χ3v) is 11.4. The Morgan fingerprint density at radius 1 is 0.679 bits per heavy atom. The van der Waals surface area contributed by atoms with Crippen LogP contribution in [0.25, 0.3) is 0 Å². The summed E-state index contributed by atoms with van der Waals surface area (Å²) < 4.78 is 117. The highest BCUT2D eigenvalue weighted by molar-refractivity contribution is 6.67. The van der Waals surface area contributed by atoms with Crippen molar-refractivity contribution in [2.45, 2.75) is 118 Å². The molecule has 0 bridgehead atoms. The first-order valence-corrected chi connectivity index (χ1v) is 25.0. The van der Waals surface area contributed by atoms with Gasteiger partial charge in [-0.2, -0.15) is 13.2 Å². The maximum Gasteiger partial charge on any atom is 0.468 e. The van der Waals surface area contributed by atoms with E-state index >= 15 is 13.2 Å². The number of halogens is 6. The van der Waals surface area contributed by atoms with Crippen molar-refractivity contribution in [2.24, 2.45) is 4.99 Å². The molecule has 0 saturated carbocycles. The first kappa shape index (κ1) is 64.5. The Kier molecular flexibility index (Phi) is 23.0. The molecule has 2 heterocycles. The molecule has 440 valence electrons. The van der Waals surface area contributed by atoms with Crippen LogP contribution in [0.1, 0.15) is 61.8 Å². The normalized spacial score (nSPS) is 23.6. The summed E-state index contributed by atoms with van der Waals surface area (Å²) >= 11 is 17.4. The molecule has 3 aromatic carbocycles. The van der Waals surface area contributed by atoms with Gasteiger partial charge in [0.15, 0.2) is 24.4 Å². The molecule has 0 spiro atoms. The van der Waals surface area contributed by atoms with Gasteiger partial charge in [0.2, 0.25) is 16.2 Å². The number of benzene rings is 3. The van der Waals surface area contributed by atoms with Gasteiger partial charge >= 0.3 is 60.0 Å². The van der Waals surface area contributed by atoms with Crippen LogP contribution < -0.4 is 5.32 Å². The molecule has 0 radical (unpaired) electrons. The summed E-state index contributed by atoms with van der Waals surface area (Å²) in [6, 6.07) is 18.4. The topological polar surface area (TPSA) is 298 Å². The zero-order chi connectivity index (χ0) is 59.8. The van der Waals surface area contributed by atoms with Gasteiger partial charge in [-0.3, -0.25) is 24.0 Å². The number of alkyl carbamates (subject to hydrolysis) is 1. The van der Waals surface area contributed by atoms with Crippen molar-refractivity contribution in [3.8, 4) is 0 Å². The van der Waals surface area contributed by atoms with Crippen LogP contribution in [0.15, 0.2) is 96.0 Å². The predicted octanol–water partition coefficient (Wildman–Crippen LogP) is 5.90. The van der Waals surface area contributed by atoms with Crippen LogP contribution in [0.5, 0.6) is 0 Å². The Balaban J connectivity index is 1.75. The number of methoxy groups -OCH3 is 1. The molecule has 3 aromatic rings. The molecule has 1 amide bonds. The Hall–Kier alpha value is -7.30.